The number of halogens is 1. The molecule has 0 bridgehead atoms. The zero-order valence-electron chi connectivity index (χ0n) is 18.7. The molecule has 0 radical (unpaired) electrons. The monoisotopic (exact) mass is 444 g/mol. The number of piperidine rings is 2. The number of benzene rings is 1. The lowest BCUT2D eigenvalue weighted by Gasteiger charge is -2.42. The molecule has 0 atom stereocenters. The molecule has 2 fully saturated rings. The number of hydrogen-bond acceptors (Lipinski definition) is 7. The largest absolute Gasteiger partial charge is 0.466 e. The lowest BCUT2D eigenvalue weighted by molar-refractivity contribution is -0.149. The quantitative estimate of drug-likeness (QED) is 0.679. The number of rotatable bonds is 5. The first-order valence-electron chi connectivity index (χ1n) is 11.6. The topological polar surface area (TPSA) is 77.4 Å². The predicted octanol–water partition coefficient (Wildman–Crippen LogP) is 2.36. The summed E-state index contributed by atoms with van der Waals surface area (Å²) in [5.41, 5.74) is 1.56. The number of nitrogens with one attached hydrogen (secondary N) is 1. The van der Waals surface area contributed by atoms with E-state index >= 15 is 0 Å². The third kappa shape index (κ3) is 4.96. The Hall–Kier alpha value is -2.45. The number of carbonyl (C=O) groups is 1. The Labute approximate surface area is 188 Å². The van der Waals surface area contributed by atoms with Crippen LogP contribution in [0.25, 0.3) is 5.57 Å². The van der Waals surface area contributed by atoms with Crippen LogP contribution in [0.3, 0.4) is 0 Å². The number of guanidine groups is 1. The van der Waals surface area contributed by atoms with Crippen molar-refractivity contribution in [3.63, 3.8) is 0 Å². The van der Waals surface area contributed by atoms with Crippen molar-refractivity contribution in [2.45, 2.75) is 45.3 Å². The molecule has 1 aromatic rings. The van der Waals surface area contributed by atoms with Crippen molar-refractivity contribution in [2.24, 2.45) is 10.9 Å². The second-order valence-corrected chi connectivity index (χ2v) is 8.67. The van der Waals surface area contributed by atoms with Gasteiger partial charge in [0.1, 0.15) is 5.82 Å². The average molecular weight is 445 g/mol. The van der Waals surface area contributed by atoms with Crippen LogP contribution in [0.15, 0.2) is 29.4 Å². The van der Waals surface area contributed by atoms with Crippen molar-refractivity contribution in [3.05, 3.63) is 41.3 Å². The zero-order valence-corrected chi connectivity index (χ0v) is 18.7. The maximum atomic E-state index is 14.5. The van der Waals surface area contributed by atoms with Gasteiger partial charge in [-0.3, -0.25) is 4.79 Å². The molecule has 0 unspecified atom stereocenters. The summed E-state index contributed by atoms with van der Waals surface area (Å²) in [7, 11) is 0. The van der Waals surface area contributed by atoms with E-state index in [0.717, 1.165) is 63.4 Å². The lowest BCUT2D eigenvalue weighted by atomic mass is 9.93. The first-order valence-corrected chi connectivity index (χ1v) is 11.6. The van der Waals surface area contributed by atoms with Crippen LogP contribution in [0, 0.1) is 11.7 Å². The highest BCUT2D eigenvalue weighted by atomic mass is 19.1. The molecule has 3 aliphatic heterocycles. The van der Waals surface area contributed by atoms with E-state index in [2.05, 4.69) is 20.1 Å². The highest BCUT2D eigenvalue weighted by Gasteiger charge is 2.32. The number of likely N-dealkylation sites (tertiary alicyclic amines) is 2. The smallest absolute Gasteiger partial charge is 0.309 e. The van der Waals surface area contributed by atoms with Gasteiger partial charge < -0.3 is 25.0 Å². The standard InChI is InChI=1S/C24H33FN4O3/c1-2-32-23(31)17-6-10-28(11-7-17)20-8-12-29(13-9-20)24-26-14-19(15-27-24)21-5-3-4-18(16-30)22(21)25/h3-5,14,17,20,30H,2,6-13,15-16H2,1H3,(H,26,27). The number of hydrogen-bond donors (Lipinski definition) is 2. The molecular formula is C24H33FN4O3. The van der Waals surface area contributed by atoms with Gasteiger partial charge in [-0.05, 0) is 51.3 Å². The van der Waals surface area contributed by atoms with Crippen molar-refractivity contribution in [1.29, 1.82) is 0 Å². The maximum absolute atomic E-state index is 14.5. The van der Waals surface area contributed by atoms with Gasteiger partial charge in [0.05, 0.1) is 25.7 Å². The molecule has 0 aromatic heterocycles. The van der Waals surface area contributed by atoms with E-state index in [0.29, 0.717) is 30.3 Å². The number of aliphatic hydroxyl groups excluding tert-OH is 1. The molecule has 32 heavy (non-hydrogen) atoms. The van der Waals surface area contributed by atoms with Crippen LogP contribution < -0.4 is 5.32 Å². The molecule has 0 aliphatic carbocycles. The summed E-state index contributed by atoms with van der Waals surface area (Å²) in [5.74, 6) is 0.468. The van der Waals surface area contributed by atoms with E-state index in [-0.39, 0.29) is 24.3 Å². The summed E-state index contributed by atoms with van der Waals surface area (Å²) < 4.78 is 19.7. The van der Waals surface area contributed by atoms with Gasteiger partial charge in [-0.2, -0.15) is 0 Å². The molecule has 7 nitrogen and oxygen atoms in total. The molecule has 0 spiro atoms. The van der Waals surface area contributed by atoms with Gasteiger partial charge in [-0.15, -0.1) is 0 Å². The Morgan fingerprint density at radius 1 is 1.22 bits per heavy atom. The predicted molar refractivity (Wildman–Crippen MR) is 121 cm³/mol. The van der Waals surface area contributed by atoms with Crippen LogP contribution in [0.2, 0.25) is 0 Å². The van der Waals surface area contributed by atoms with Gasteiger partial charge in [-0.25, -0.2) is 9.38 Å². The average Bonchev–Trinajstić information content (AvgIpc) is 2.85. The van der Waals surface area contributed by atoms with E-state index in [4.69, 9.17) is 4.74 Å². The Balaban J connectivity index is 1.26. The molecule has 0 saturated carbocycles. The molecule has 2 N–H and O–H groups in total. The molecule has 3 heterocycles. The number of ether oxygens (including phenoxy) is 1. The number of nitrogens with zero attached hydrogens (tertiary/aromatic N) is 3. The van der Waals surface area contributed by atoms with Gasteiger partial charge in [0, 0.05) is 36.5 Å². The summed E-state index contributed by atoms with van der Waals surface area (Å²) in [6.07, 6.45) is 5.72. The fourth-order valence-corrected chi connectivity index (χ4v) is 4.91. The minimum absolute atomic E-state index is 0.0428. The minimum Gasteiger partial charge on any atom is -0.466 e. The molecule has 3 aliphatic rings. The van der Waals surface area contributed by atoms with Gasteiger partial charge in [-0.1, -0.05) is 18.2 Å². The fraction of sp³-hybridized carbons (Fsp3) is 0.583. The fourth-order valence-electron chi connectivity index (χ4n) is 4.91. The molecule has 8 heteroatoms. The van der Waals surface area contributed by atoms with E-state index < -0.39 is 0 Å². The zero-order chi connectivity index (χ0) is 22.5. The molecule has 1 aromatic carbocycles. The lowest BCUT2D eigenvalue weighted by Crippen LogP contribution is -2.51. The highest BCUT2D eigenvalue weighted by molar-refractivity contribution is 5.86. The molecule has 0 amide bonds. The van der Waals surface area contributed by atoms with Crippen molar-refractivity contribution in [2.75, 3.05) is 39.3 Å². The third-order valence-corrected chi connectivity index (χ3v) is 6.80. The number of carbonyl (C=O) groups excluding carboxylic acids is 1. The Morgan fingerprint density at radius 3 is 2.59 bits per heavy atom. The number of esters is 1. The SMILES string of the molecule is CCOC(=O)C1CCN(C2CCN(C3=NCC(c4cccc(CO)c4F)=CN3)CC2)CC1. The summed E-state index contributed by atoms with van der Waals surface area (Å²) >= 11 is 0. The second-order valence-electron chi connectivity index (χ2n) is 8.67. The number of aliphatic imine (C=N–C) groups is 1. The van der Waals surface area contributed by atoms with E-state index in [1.54, 1.807) is 18.2 Å². The maximum Gasteiger partial charge on any atom is 0.309 e. The summed E-state index contributed by atoms with van der Waals surface area (Å²) in [4.78, 5) is 21.4. The molecule has 2 saturated heterocycles. The second kappa shape index (κ2) is 10.4. The van der Waals surface area contributed by atoms with E-state index in [9.17, 15) is 14.3 Å². The van der Waals surface area contributed by atoms with Crippen LogP contribution in [-0.2, 0) is 16.1 Å². The summed E-state index contributed by atoms with van der Waals surface area (Å²) in [5, 5.41) is 12.5. The molecular weight excluding hydrogens is 411 g/mol. The van der Waals surface area contributed by atoms with Crippen molar-refractivity contribution < 1.29 is 19.0 Å². The van der Waals surface area contributed by atoms with Gasteiger partial charge in [0.25, 0.3) is 0 Å². The minimum atomic E-state index is -0.380. The van der Waals surface area contributed by atoms with Crippen molar-refractivity contribution in [3.8, 4) is 0 Å². The van der Waals surface area contributed by atoms with Crippen LogP contribution >= 0.6 is 0 Å². The first kappa shape index (κ1) is 22.7. The van der Waals surface area contributed by atoms with Crippen LogP contribution in [0.4, 0.5) is 4.39 Å². The Bertz CT molecular complexity index is 872. The van der Waals surface area contributed by atoms with Crippen molar-refractivity contribution in [1.82, 2.24) is 15.1 Å². The van der Waals surface area contributed by atoms with E-state index in [1.165, 1.54) is 0 Å². The third-order valence-electron chi connectivity index (χ3n) is 6.80. The van der Waals surface area contributed by atoms with Crippen molar-refractivity contribution >= 4 is 17.5 Å². The highest BCUT2D eigenvalue weighted by Crippen LogP contribution is 2.26. The van der Waals surface area contributed by atoms with Gasteiger partial charge in [0.2, 0.25) is 0 Å². The molecule has 174 valence electrons. The van der Waals surface area contributed by atoms with Gasteiger partial charge >= 0.3 is 5.97 Å². The van der Waals surface area contributed by atoms with E-state index in [1.807, 2.05) is 13.1 Å². The Kier molecular flexibility index (Phi) is 7.42. The summed E-state index contributed by atoms with van der Waals surface area (Å²) in [6.45, 7) is 6.17. The van der Waals surface area contributed by atoms with Crippen LogP contribution in [0.5, 0.6) is 0 Å². The molecule has 4 rings (SSSR count). The van der Waals surface area contributed by atoms with Crippen LogP contribution in [-0.4, -0.2) is 72.2 Å². The Morgan fingerprint density at radius 2 is 1.97 bits per heavy atom. The number of aliphatic hydroxyl groups is 1. The summed E-state index contributed by atoms with van der Waals surface area (Å²) in [6, 6.07) is 5.61. The van der Waals surface area contributed by atoms with Crippen LogP contribution in [0.1, 0.15) is 43.7 Å². The van der Waals surface area contributed by atoms with Gasteiger partial charge in [0.15, 0.2) is 5.96 Å². The first-order chi connectivity index (χ1) is 15.6. The normalized spacial score (nSPS) is 21.0.